The van der Waals surface area contributed by atoms with E-state index in [-0.39, 0.29) is 0 Å². The standard InChI is InChI=1S/C15H20N4O/c1-9-6-7-17-8-13(9)19-10(2)11-4-3-5-12(15(16)20)14(11)18-19/h3-5,9,13,17H,6-8H2,1-2H3,(H2,16,20). The molecule has 0 aliphatic carbocycles. The average molecular weight is 272 g/mol. The van der Waals surface area contributed by atoms with E-state index in [0.29, 0.717) is 17.5 Å². The van der Waals surface area contributed by atoms with Gasteiger partial charge in [0.15, 0.2) is 0 Å². The Kier molecular flexibility index (Phi) is 3.22. The molecule has 1 aliphatic heterocycles. The molecule has 2 unspecified atom stereocenters. The van der Waals surface area contributed by atoms with Crippen LogP contribution in [0.1, 0.15) is 35.4 Å². The van der Waals surface area contributed by atoms with E-state index in [1.54, 1.807) is 6.07 Å². The molecule has 3 rings (SSSR count). The summed E-state index contributed by atoms with van der Waals surface area (Å²) >= 11 is 0. The van der Waals surface area contributed by atoms with Crippen LogP contribution in [-0.4, -0.2) is 28.8 Å². The molecule has 106 valence electrons. The molecule has 1 amide bonds. The first-order valence-electron chi connectivity index (χ1n) is 7.08. The minimum Gasteiger partial charge on any atom is -0.366 e. The lowest BCUT2D eigenvalue weighted by Gasteiger charge is -2.30. The van der Waals surface area contributed by atoms with E-state index >= 15 is 0 Å². The normalized spacial score (nSPS) is 23.1. The van der Waals surface area contributed by atoms with Crippen molar-refractivity contribution in [3.05, 3.63) is 29.5 Å². The molecule has 1 aromatic carbocycles. The molecule has 3 N–H and O–H groups in total. The Morgan fingerprint density at radius 2 is 2.30 bits per heavy atom. The lowest BCUT2D eigenvalue weighted by molar-refractivity contribution is 0.100. The van der Waals surface area contributed by atoms with Crippen molar-refractivity contribution in [1.29, 1.82) is 0 Å². The molecule has 1 fully saturated rings. The van der Waals surface area contributed by atoms with E-state index < -0.39 is 5.91 Å². The molecular formula is C15H20N4O. The minimum absolute atomic E-state index is 0.330. The molecule has 0 saturated carbocycles. The zero-order valence-electron chi connectivity index (χ0n) is 11.9. The number of carbonyl (C=O) groups excluding carboxylic acids is 1. The van der Waals surface area contributed by atoms with Gasteiger partial charge >= 0.3 is 0 Å². The number of primary amides is 1. The van der Waals surface area contributed by atoms with E-state index in [1.807, 2.05) is 12.1 Å². The molecule has 1 aliphatic rings. The van der Waals surface area contributed by atoms with Crippen LogP contribution < -0.4 is 11.1 Å². The summed E-state index contributed by atoms with van der Waals surface area (Å²) in [5, 5.41) is 9.12. The van der Waals surface area contributed by atoms with Gasteiger partial charge in [-0.25, -0.2) is 0 Å². The van der Waals surface area contributed by atoms with E-state index in [9.17, 15) is 4.79 Å². The summed E-state index contributed by atoms with van der Waals surface area (Å²) in [6, 6.07) is 5.94. The fraction of sp³-hybridized carbons (Fsp3) is 0.467. The fourth-order valence-electron chi connectivity index (χ4n) is 3.07. The van der Waals surface area contributed by atoms with Gasteiger partial charge in [-0.05, 0) is 31.9 Å². The number of nitrogens with one attached hydrogen (secondary N) is 1. The van der Waals surface area contributed by atoms with Crippen molar-refractivity contribution in [2.24, 2.45) is 11.7 Å². The lowest BCUT2D eigenvalue weighted by atomic mass is 9.95. The maximum atomic E-state index is 11.5. The minimum atomic E-state index is -0.421. The first-order chi connectivity index (χ1) is 9.59. The van der Waals surface area contributed by atoms with E-state index in [0.717, 1.165) is 36.1 Å². The third-order valence-electron chi connectivity index (χ3n) is 4.34. The zero-order chi connectivity index (χ0) is 14.3. The third kappa shape index (κ3) is 1.98. The lowest BCUT2D eigenvalue weighted by Crippen LogP contribution is -2.37. The van der Waals surface area contributed by atoms with E-state index in [4.69, 9.17) is 5.73 Å². The molecule has 0 spiro atoms. The molecule has 1 saturated heterocycles. The highest BCUT2D eigenvalue weighted by Gasteiger charge is 2.26. The Morgan fingerprint density at radius 1 is 1.50 bits per heavy atom. The smallest absolute Gasteiger partial charge is 0.250 e. The Balaban J connectivity index is 2.15. The van der Waals surface area contributed by atoms with E-state index in [1.165, 1.54) is 0 Å². The maximum Gasteiger partial charge on any atom is 0.250 e. The summed E-state index contributed by atoms with van der Waals surface area (Å²) in [6.07, 6.45) is 1.14. The molecule has 0 bridgehead atoms. The molecule has 2 atom stereocenters. The van der Waals surface area contributed by atoms with Crippen LogP contribution in [0.5, 0.6) is 0 Å². The number of carbonyl (C=O) groups is 1. The Hall–Kier alpha value is -1.88. The van der Waals surface area contributed by atoms with Gasteiger partial charge < -0.3 is 11.1 Å². The highest BCUT2D eigenvalue weighted by molar-refractivity contribution is 6.05. The summed E-state index contributed by atoms with van der Waals surface area (Å²) in [7, 11) is 0. The van der Waals surface area contributed by atoms with Crippen LogP contribution in [-0.2, 0) is 0 Å². The van der Waals surface area contributed by atoms with Gasteiger partial charge in [0, 0.05) is 17.6 Å². The second-order valence-electron chi connectivity index (χ2n) is 5.63. The number of aryl methyl sites for hydroxylation is 1. The number of aromatic nitrogens is 2. The summed E-state index contributed by atoms with van der Waals surface area (Å²) in [6.45, 7) is 6.29. The summed E-state index contributed by atoms with van der Waals surface area (Å²) in [4.78, 5) is 11.5. The Bertz CT molecular complexity index is 661. The summed E-state index contributed by atoms with van der Waals surface area (Å²) in [5.41, 5.74) is 7.76. The Morgan fingerprint density at radius 3 is 3.00 bits per heavy atom. The zero-order valence-corrected chi connectivity index (χ0v) is 11.9. The topological polar surface area (TPSA) is 72.9 Å². The molecule has 20 heavy (non-hydrogen) atoms. The SMILES string of the molecule is Cc1c2cccc(C(N)=O)c2nn1C1CNCCC1C. The predicted octanol–water partition coefficient (Wildman–Crippen LogP) is 1.61. The van der Waals surface area contributed by atoms with Crippen LogP contribution in [0, 0.1) is 12.8 Å². The molecule has 5 heteroatoms. The molecule has 2 aromatic rings. The molecular weight excluding hydrogens is 252 g/mol. The van der Waals surface area contributed by atoms with Gasteiger partial charge in [-0.15, -0.1) is 0 Å². The van der Waals surface area contributed by atoms with Crippen molar-refractivity contribution < 1.29 is 4.79 Å². The number of hydrogen-bond donors (Lipinski definition) is 2. The summed E-state index contributed by atoms with van der Waals surface area (Å²) in [5.74, 6) is 0.149. The van der Waals surface area contributed by atoms with Crippen LogP contribution in [0.4, 0.5) is 0 Å². The van der Waals surface area contributed by atoms with Crippen molar-refractivity contribution in [2.45, 2.75) is 26.3 Å². The molecule has 5 nitrogen and oxygen atoms in total. The van der Waals surface area contributed by atoms with Crippen molar-refractivity contribution in [2.75, 3.05) is 13.1 Å². The van der Waals surface area contributed by atoms with Gasteiger partial charge in [0.2, 0.25) is 0 Å². The van der Waals surface area contributed by atoms with Crippen LogP contribution in [0.15, 0.2) is 18.2 Å². The van der Waals surface area contributed by atoms with Crippen molar-refractivity contribution >= 4 is 16.8 Å². The number of benzene rings is 1. The number of fused-ring (bicyclic) bond motifs is 1. The van der Waals surface area contributed by atoms with E-state index in [2.05, 4.69) is 28.9 Å². The first kappa shape index (κ1) is 13.1. The van der Waals surface area contributed by atoms with Gasteiger partial charge in [0.05, 0.1) is 11.6 Å². The van der Waals surface area contributed by atoms with Crippen molar-refractivity contribution in [3.8, 4) is 0 Å². The van der Waals surface area contributed by atoms with Gasteiger partial charge in [-0.2, -0.15) is 5.10 Å². The number of amides is 1. The number of hydrogen-bond acceptors (Lipinski definition) is 3. The van der Waals surface area contributed by atoms with Gasteiger partial charge in [-0.3, -0.25) is 9.48 Å². The molecule has 1 aromatic heterocycles. The van der Waals surface area contributed by atoms with Crippen molar-refractivity contribution in [1.82, 2.24) is 15.1 Å². The highest BCUT2D eigenvalue weighted by Crippen LogP contribution is 2.29. The van der Waals surface area contributed by atoms with Crippen LogP contribution in [0.25, 0.3) is 10.9 Å². The molecule has 2 heterocycles. The predicted molar refractivity (Wildman–Crippen MR) is 78.7 cm³/mol. The number of nitrogens with two attached hydrogens (primary N) is 1. The van der Waals surface area contributed by atoms with Gasteiger partial charge in [0.1, 0.15) is 5.52 Å². The number of rotatable bonds is 2. The van der Waals surface area contributed by atoms with Crippen molar-refractivity contribution in [3.63, 3.8) is 0 Å². The number of nitrogens with zero attached hydrogens (tertiary/aromatic N) is 2. The van der Waals surface area contributed by atoms with Crippen LogP contribution >= 0.6 is 0 Å². The second kappa shape index (κ2) is 4.90. The quantitative estimate of drug-likeness (QED) is 0.872. The van der Waals surface area contributed by atoms with Gasteiger partial charge in [0.25, 0.3) is 5.91 Å². The van der Waals surface area contributed by atoms with Crippen LogP contribution in [0.3, 0.4) is 0 Å². The second-order valence-corrected chi connectivity index (χ2v) is 5.63. The monoisotopic (exact) mass is 272 g/mol. The van der Waals surface area contributed by atoms with Crippen LogP contribution in [0.2, 0.25) is 0 Å². The fourth-order valence-corrected chi connectivity index (χ4v) is 3.07. The Labute approximate surface area is 118 Å². The van der Waals surface area contributed by atoms with Gasteiger partial charge in [-0.1, -0.05) is 19.1 Å². The average Bonchev–Trinajstić information content (AvgIpc) is 2.76. The first-order valence-corrected chi connectivity index (χ1v) is 7.08. The summed E-state index contributed by atoms with van der Waals surface area (Å²) < 4.78 is 2.06. The molecule has 0 radical (unpaired) electrons. The highest BCUT2D eigenvalue weighted by atomic mass is 16.1. The third-order valence-corrected chi connectivity index (χ3v) is 4.34. The number of piperidine rings is 1. The maximum absolute atomic E-state index is 11.5. The largest absolute Gasteiger partial charge is 0.366 e.